The Morgan fingerprint density at radius 2 is 1.86 bits per heavy atom. The fraction of sp³-hybridized carbons (Fsp3) is 0.452. The summed E-state index contributed by atoms with van der Waals surface area (Å²) in [6.45, 7) is 9.07. The number of hydrogen-bond donors (Lipinski definition) is 4. The summed E-state index contributed by atoms with van der Waals surface area (Å²) < 4.78 is 5.36. The molecule has 1 saturated carbocycles. The summed E-state index contributed by atoms with van der Waals surface area (Å²) in [5.74, 6) is 0.801. The number of rotatable bonds is 10. The monoisotopic (exact) mass is 575 g/mol. The molecule has 1 heterocycles. The van der Waals surface area contributed by atoms with Crippen LogP contribution in [0.15, 0.2) is 48.7 Å². The molecule has 0 bridgehead atoms. The summed E-state index contributed by atoms with van der Waals surface area (Å²) in [5.41, 5.74) is 10.6. The molecule has 0 saturated heterocycles. The fourth-order valence-corrected chi connectivity index (χ4v) is 5.18. The summed E-state index contributed by atoms with van der Waals surface area (Å²) >= 11 is 0. The zero-order valence-corrected chi connectivity index (χ0v) is 24.8. The molecule has 0 radical (unpaired) electrons. The number of nitrogens with one attached hydrogen (secondary N) is 3. The summed E-state index contributed by atoms with van der Waals surface area (Å²) in [6, 6.07) is 14.4. The van der Waals surface area contributed by atoms with Gasteiger partial charge in [0, 0.05) is 25.7 Å². The van der Waals surface area contributed by atoms with Crippen LogP contribution in [0.3, 0.4) is 0 Å². The number of amides is 1. The van der Waals surface area contributed by atoms with Gasteiger partial charge in [0.05, 0.1) is 4.92 Å². The van der Waals surface area contributed by atoms with Gasteiger partial charge >= 0.3 is 11.8 Å². The smallest absolute Gasteiger partial charge is 0.407 e. The number of nitrogens with zero attached hydrogens (tertiary/aromatic N) is 3. The van der Waals surface area contributed by atoms with Crippen LogP contribution >= 0.6 is 0 Å². The molecule has 224 valence electrons. The zero-order chi connectivity index (χ0) is 30.3. The molecule has 11 nitrogen and oxygen atoms in total. The first kappa shape index (κ1) is 30.7. The maximum Gasteiger partial charge on any atom is 0.407 e. The fourth-order valence-electron chi connectivity index (χ4n) is 5.18. The number of benzene rings is 2. The van der Waals surface area contributed by atoms with Gasteiger partial charge in [-0.3, -0.25) is 10.1 Å². The van der Waals surface area contributed by atoms with Gasteiger partial charge in [-0.2, -0.15) is 4.98 Å². The second-order valence-corrected chi connectivity index (χ2v) is 11.8. The van der Waals surface area contributed by atoms with E-state index in [0.29, 0.717) is 31.5 Å². The van der Waals surface area contributed by atoms with Gasteiger partial charge in [-0.1, -0.05) is 36.4 Å². The van der Waals surface area contributed by atoms with Gasteiger partial charge in [0.1, 0.15) is 11.8 Å². The third-order valence-electron chi connectivity index (χ3n) is 7.45. The molecule has 0 spiro atoms. The summed E-state index contributed by atoms with van der Waals surface area (Å²) in [5, 5.41) is 21.0. The SMILES string of the molecule is Cc1c(CNc2ncc([N+](=O)[O-])c(NCC3CCC(NC(=O)OC(C)(C)C)CC3)n2)cccc1-c1cccc(CN)c1. The number of carbonyl (C=O) groups is 1. The predicted molar refractivity (Wildman–Crippen MR) is 164 cm³/mol. The Bertz CT molecular complexity index is 1400. The summed E-state index contributed by atoms with van der Waals surface area (Å²) in [7, 11) is 0. The van der Waals surface area contributed by atoms with E-state index in [0.717, 1.165) is 53.5 Å². The molecule has 1 aliphatic carbocycles. The van der Waals surface area contributed by atoms with Gasteiger partial charge in [-0.25, -0.2) is 9.78 Å². The van der Waals surface area contributed by atoms with Crippen LogP contribution in [0.4, 0.5) is 22.2 Å². The van der Waals surface area contributed by atoms with Crippen LogP contribution in [0.25, 0.3) is 11.1 Å². The van der Waals surface area contributed by atoms with E-state index in [1.54, 1.807) is 0 Å². The molecule has 11 heteroatoms. The average Bonchev–Trinajstić information content (AvgIpc) is 2.95. The van der Waals surface area contributed by atoms with E-state index >= 15 is 0 Å². The van der Waals surface area contributed by atoms with Gasteiger partial charge in [0.15, 0.2) is 0 Å². The molecule has 1 aliphatic rings. The van der Waals surface area contributed by atoms with Gasteiger partial charge in [-0.15, -0.1) is 0 Å². The minimum Gasteiger partial charge on any atom is -0.444 e. The van der Waals surface area contributed by atoms with E-state index in [1.165, 1.54) is 6.20 Å². The Hall–Kier alpha value is -4.25. The lowest BCUT2D eigenvalue weighted by Crippen LogP contribution is -2.41. The molecule has 5 N–H and O–H groups in total. The van der Waals surface area contributed by atoms with Gasteiger partial charge in [0.25, 0.3) is 0 Å². The maximum atomic E-state index is 12.1. The molecule has 2 aromatic carbocycles. The highest BCUT2D eigenvalue weighted by molar-refractivity contribution is 5.69. The summed E-state index contributed by atoms with van der Waals surface area (Å²) in [4.78, 5) is 31.9. The number of carbonyl (C=O) groups excluding carboxylic acids is 1. The van der Waals surface area contributed by atoms with Crippen molar-refractivity contribution in [2.75, 3.05) is 17.2 Å². The van der Waals surface area contributed by atoms with Crippen molar-refractivity contribution in [2.24, 2.45) is 11.7 Å². The van der Waals surface area contributed by atoms with Crippen molar-refractivity contribution in [1.82, 2.24) is 15.3 Å². The zero-order valence-electron chi connectivity index (χ0n) is 24.8. The van der Waals surface area contributed by atoms with E-state index in [4.69, 9.17) is 10.5 Å². The average molecular weight is 576 g/mol. The van der Waals surface area contributed by atoms with Gasteiger partial charge in [-0.05, 0) is 93.2 Å². The highest BCUT2D eigenvalue weighted by Crippen LogP contribution is 2.29. The van der Waals surface area contributed by atoms with Crippen LogP contribution in [0.2, 0.25) is 0 Å². The third kappa shape index (κ3) is 8.39. The van der Waals surface area contributed by atoms with Crippen LogP contribution in [0.1, 0.15) is 63.1 Å². The number of hydrogen-bond acceptors (Lipinski definition) is 9. The Labute approximate surface area is 246 Å². The number of ether oxygens (including phenoxy) is 1. The minimum atomic E-state index is -0.537. The number of aromatic nitrogens is 2. The molecule has 1 fully saturated rings. The van der Waals surface area contributed by atoms with Crippen LogP contribution in [-0.4, -0.2) is 39.2 Å². The molecular formula is C31H41N7O4. The summed E-state index contributed by atoms with van der Waals surface area (Å²) in [6.07, 6.45) is 4.23. The van der Waals surface area contributed by atoms with Crippen molar-refractivity contribution < 1.29 is 14.5 Å². The van der Waals surface area contributed by atoms with E-state index in [9.17, 15) is 14.9 Å². The van der Waals surface area contributed by atoms with Crippen molar-refractivity contribution >= 4 is 23.5 Å². The van der Waals surface area contributed by atoms with E-state index in [2.05, 4.69) is 51.0 Å². The van der Waals surface area contributed by atoms with E-state index in [-0.39, 0.29) is 17.5 Å². The first-order chi connectivity index (χ1) is 20.0. The number of nitrogens with two attached hydrogens (primary N) is 1. The van der Waals surface area contributed by atoms with Crippen molar-refractivity contribution in [1.29, 1.82) is 0 Å². The third-order valence-corrected chi connectivity index (χ3v) is 7.45. The lowest BCUT2D eigenvalue weighted by molar-refractivity contribution is -0.384. The molecule has 4 rings (SSSR count). The van der Waals surface area contributed by atoms with Crippen molar-refractivity contribution in [3.8, 4) is 11.1 Å². The first-order valence-corrected chi connectivity index (χ1v) is 14.4. The van der Waals surface area contributed by atoms with Crippen LogP contribution < -0.4 is 21.7 Å². The molecular weight excluding hydrogens is 534 g/mol. The largest absolute Gasteiger partial charge is 0.444 e. The molecule has 1 amide bonds. The molecule has 0 unspecified atom stereocenters. The van der Waals surface area contributed by atoms with E-state index in [1.807, 2.05) is 45.0 Å². The van der Waals surface area contributed by atoms with E-state index < -0.39 is 16.6 Å². The van der Waals surface area contributed by atoms with Crippen molar-refractivity contribution in [3.05, 3.63) is 75.5 Å². The van der Waals surface area contributed by atoms with Gasteiger partial charge in [0.2, 0.25) is 11.8 Å². The highest BCUT2D eigenvalue weighted by Gasteiger charge is 2.26. The van der Waals surface area contributed by atoms with Crippen LogP contribution in [0, 0.1) is 23.0 Å². The standard InChI is InChI=1S/C31H41N7O4/c1-20-24(9-6-10-26(20)23-8-5-7-22(15-23)16-32)18-34-29-35-19-27(38(40)41)28(37-29)33-17-21-11-13-25(14-12-21)36-30(39)42-31(2,3)4/h5-10,15,19,21,25H,11-14,16-18,32H2,1-4H3,(H,36,39)(H2,33,34,35,37). The second-order valence-electron chi connectivity index (χ2n) is 11.8. The Morgan fingerprint density at radius 1 is 1.12 bits per heavy atom. The minimum absolute atomic E-state index is 0.0619. The quantitative estimate of drug-likeness (QED) is 0.170. The molecule has 0 atom stereocenters. The van der Waals surface area contributed by atoms with Crippen LogP contribution in [-0.2, 0) is 17.8 Å². The van der Waals surface area contributed by atoms with Crippen molar-refractivity contribution in [2.45, 2.75) is 78.1 Å². The van der Waals surface area contributed by atoms with Crippen molar-refractivity contribution in [3.63, 3.8) is 0 Å². The normalized spacial score (nSPS) is 16.9. The Kier molecular flexibility index (Phi) is 9.95. The molecule has 3 aromatic rings. The number of nitro groups is 1. The lowest BCUT2D eigenvalue weighted by atomic mass is 9.86. The predicted octanol–water partition coefficient (Wildman–Crippen LogP) is 5.93. The Morgan fingerprint density at radius 3 is 2.55 bits per heavy atom. The number of alkyl carbamates (subject to hydrolysis) is 1. The Balaban J connectivity index is 1.36. The maximum absolute atomic E-state index is 12.1. The molecule has 0 aliphatic heterocycles. The number of anilines is 2. The highest BCUT2D eigenvalue weighted by atomic mass is 16.6. The van der Waals surface area contributed by atoms with Gasteiger partial charge < -0.3 is 26.4 Å². The topological polar surface area (TPSA) is 157 Å². The second kappa shape index (κ2) is 13.6. The molecule has 1 aromatic heterocycles. The first-order valence-electron chi connectivity index (χ1n) is 14.4. The lowest BCUT2D eigenvalue weighted by Gasteiger charge is -2.30. The van der Waals surface area contributed by atoms with Crippen LogP contribution in [0.5, 0.6) is 0 Å². The molecule has 42 heavy (non-hydrogen) atoms.